The van der Waals surface area contributed by atoms with Gasteiger partial charge in [-0.05, 0) is 0 Å². The minimum atomic E-state index is 0.549. The van der Waals surface area contributed by atoms with Crippen LogP contribution < -0.4 is 0 Å². The highest BCUT2D eigenvalue weighted by Crippen LogP contribution is 1.93. The van der Waals surface area contributed by atoms with E-state index in [1.54, 1.807) is 0 Å². The number of hydrogen-bond donors (Lipinski definition) is 0. The predicted molar refractivity (Wildman–Crippen MR) is 48.1 cm³/mol. The van der Waals surface area contributed by atoms with Gasteiger partial charge >= 0.3 is 0 Å². The standard InChI is InChI=1S/C7H12Cl2N2/c8-2-6-11(7-3-9)5-1-4-10/h1-3,5-7H2. The molecule has 0 aliphatic carbocycles. The second-order valence-corrected chi connectivity index (χ2v) is 2.88. The summed E-state index contributed by atoms with van der Waals surface area (Å²) in [4.78, 5) is 2.09. The molecular weight excluding hydrogens is 183 g/mol. The first kappa shape index (κ1) is 11.0. The van der Waals surface area contributed by atoms with Gasteiger partial charge in [-0.1, -0.05) is 0 Å². The molecule has 0 aliphatic rings. The van der Waals surface area contributed by atoms with Crippen molar-refractivity contribution in [3.8, 4) is 6.07 Å². The van der Waals surface area contributed by atoms with E-state index in [0.29, 0.717) is 18.2 Å². The van der Waals surface area contributed by atoms with Crippen LogP contribution in [0.15, 0.2) is 0 Å². The fourth-order valence-corrected chi connectivity index (χ4v) is 1.26. The summed E-state index contributed by atoms with van der Waals surface area (Å²) in [6.07, 6.45) is 0.549. The zero-order valence-electron chi connectivity index (χ0n) is 6.39. The zero-order valence-corrected chi connectivity index (χ0v) is 7.90. The molecule has 4 heteroatoms. The van der Waals surface area contributed by atoms with E-state index in [0.717, 1.165) is 19.6 Å². The third-order valence-electron chi connectivity index (χ3n) is 1.34. The highest BCUT2D eigenvalue weighted by Gasteiger charge is 2.01. The summed E-state index contributed by atoms with van der Waals surface area (Å²) >= 11 is 11.1. The lowest BCUT2D eigenvalue weighted by Crippen LogP contribution is -2.28. The van der Waals surface area contributed by atoms with Gasteiger partial charge < -0.3 is 0 Å². The highest BCUT2D eigenvalue weighted by molar-refractivity contribution is 6.18. The molecule has 0 aromatic carbocycles. The Bertz CT molecular complexity index is 116. The summed E-state index contributed by atoms with van der Waals surface area (Å²) in [6.45, 7) is 2.40. The highest BCUT2D eigenvalue weighted by atomic mass is 35.5. The van der Waals surface area contributed by atoms with Crippen LogP contribution in [0, 0.1) is 11.3 Å². The number of nitrogens with zero attached hydrogens (tertiary/aromatic N) is 2. The smallest absolute Gasteiger partial charge is 0.0635 e. The Kier molecular flexibility index (Phi) is 8.15. The molecule has 2 nitrogen and oxygen atoms in total. The van der Waals surface area contributed by atoms with Gasteiger partial charge in [0.05, 0.1) is 6.07 Å². The molecular formula is C7H12Cl2N2. The number of rotatable bonds is 6. The minimum absolute atomic E-state index is 0.549. The van der Waals surface area contributed by atoms with E-state index in [-0.39, 0.29) is 0 Å². The molecule has 0 fully saturated rings. The lowest BCUT2D eigenvalue weighted by molar-refractivity contribution is 0.315. The summed E-state index contributed by atoms with van der Waals surface area (Å²) < 4.78 is 0. The Morgan fingerprint density at radius 3 is 2.00 bits per heavy atom. The molecule has 0 aliphatic heterocycles. The van der Waals surface area contributed by atoms with E-state index in [4.69, 9.17) is 28.5 Å². The van der Waals surface area contributed by atoms with Crippen molar-refractivity contribution in [2.75, 3.05) is 31.4 Å². The average Bonchev–Trinajstić information content (AvgIpc) is 2.01. The van der Waals surface area contributed by atoms with Gasteiger partial charge in [-0.25, -0.2) is 0 Å². The van der Waals surface area contributed by atoms with Crippen LogP contribution in [0.5, 0.6) is 0 Å². The molecule has 11 heavy (non-hydrogen) atoms. The topological polar surface area (TPSA) is 27.0 Å². The fourth-order valence-electron chi connectivity index (χ4n) is 0.783. The maximum Gasteiger partial charge on any atom is 0.0635 e. The maximum absolute atomic E-state index is 8.31. The van der Waals surface area contributed by atoms with Crippen LogP contribution in [0.25, 0.3) is 0 Å². The summed E-state index contributed by atoms with van der Waals surface area (Å²) in [5.74, 6) is 1.20. The van der Waals surface area contributed by atoms with Gasteiger partial charge in [0.25, 0.3) is 0 Å². The van der Waals surface area contributed by atoms with Crippen molar-refractivity contribution < 1.29 is 0 Å². The van der Waals surface area contributed by atoms with Crippen LogP contribution >= 0.6 is 23.2 Å². The third-order valence-corrected chi connectivity index (χ3v) is 1.68. The van der Waals surface area contributed by atoms with Gasteiger partial charge in [-0.15, -0.1) is 23.2 Å². The van der Waals surface area contributed by atoms with E-state index in [2.05, 4.69) is 11.0 Å². The minimum Gasteiger partial charge on any atom is -0.300 e. The van der Waals surface area contributed by atoms with Crippen molar-refractivity contribution in [2.45, 2.75) is 6.42 Å². The lowest BCUT2D eigenvalue weighted by Gasteiger charge is -2.17. The van der Waals surface area contributed by atoms with E-state index in [1.165, 1.54) is 0 Å². The van der Waals surface area contributed by atoms with Gasteiger partial charge in [0.2, 0.25) is 0 Å². The van der Waals surface area contributed by atoms with Crippen LogP contribution in [-0.2, 0) is 0 Å². The van der Waals surface area contributed by atoms with E-state index in [1.807, 2.05) is 0 Å². The first-order valence-electron chi connectivity index (χ1n) is 3.56. The summed E-state index contributed by atoms with van der Waals surface area (Å²) in [5, 5.41) is 8.31. The Morgan fingerprint density at radius 1 is 1.09 bits per heavy atom. The fraction of sp³-hybridized carbons (Fsp3) is 0.857. The molecule has 0 radical (unpaired) electrons. The van der Waals surface area contributed by atoms with Crippen LogP contribution in [0.4, 0.5) is 0 Å². The number of halogens is 2. The van der Waals surface area contributed by atoms with E-state index in [9.17, 15) is 0 Å². The van der Waals surface area contributed by atoms with Crippen LogP contribution in [0.1, 0.15) is 6.42 Å². The van der Waals surface area contributed by atoms with Crippen molar-refractivity contribution in [3.05, 3.63) is 0 Å². The van der Waals surface area contributed by atoms with Crippen molar-refractivity contribution in [1.29, 1.82) is 5.26 Å². The van der Waals surface area contributed by atoms with Crippen molar-refractivity contribution in [2.24, 2.45) is 0 Å². The van der Waals surface area contributed by atoms with Gasteiger partial charge in [0.1, 0.15) is 0 Å². The molecule has 0 atom stereocenters. The molecule has 0 heterocycles. The molecule has 0 saturated heterocycles. The molecule has 0 saturated carbocycles. The molecule has 0 N–H and O–H groups in total. The number of hydrogen-bond acceptors (Lipinski definition) is 2. The summed E-state index contributed by atoms with van der Waals surface area (Å²) in [6, 6.07) is 2.09. The number of alkyl halides is 2. The molecule has 0 rings (SSSR count). The Balaban J connectivity index is 3.44. The van der Waals surface area contributed by atoms with Crippen molar-refractivity contribution >= 4 is 23.2 Å². The normalized spacial score (nSPS) is 10.0. The second-order valence-electron chi connectivity index (χ2n) is 2.13. The third kappa shape index (κ3) is 6.43. The van der Waals surface area contributed by atoms with Crippen molar-refractivity contribution in [3.63, 3.8) is 0 Å². The largest absolute Gasteiger partial charge is 0.300 e. The summed E-state index contributed by atoms with van der Waals surface area (Å²) in [7, 11) is 0. The molecule has 0 unspecified atom stereocenters. The Morgan fingerprint density at radius 2 is 1.64 bits per heavy atom. The first-order valence-corrected chi connectivity index (χ1v) is 4.63. The first-order chi connectivity index (χ1) is 5.35. The van der Waals surface area contributed by atoms with E-state index >= 15 is 0 Å². The molecule has 0 spiro atoms. The van der Waals surface area contributed by atoms with Crippen LogP contribution in [0.2, 0.25) is 0 Å². The van der Waals surface area contributed by atoms with Crippen LogP contribution in [0.3, 0.4) is 0 Å². The van der Waals surface area contributed by atoms with Gasteiger partial charge in [0, 0.05) is 37.8 Å². The SMILES string of the molecule is N#CCCN(CCCl)CCCl. The predicted octanol–water partition coefficient (Wildman–Crippen LogP) is 1.68. The average molecular weight is 195 g/mol. The number of nitriles is 1. The zero-order chi connectivity index (χ0) is 8.53. The Labute approximate surface area is 77.7 Å². The molecule has 0 amide bonds. The van der Waals surface area contributed by atoms with Gasteiger partial charge in [-0.2, -0.15) is 5.26 Å². The maximum atomic E-state index is 8.31. The molecule has 64 valence electrons. The summed E-state index contributed by atoms with van der Waals surface area (Å²) in [5.41, 5.74) is 0. The monoisotopic (exact) mass is 194 g/mol. The molecule has 0 aromatic rings. The molecule has 0 bridgehead atoms. The Hall–Kier alpha value is 0.0300. The molecule has 0 aromatic heterocycles. The van der Waals surface area contributed by atoms with Crippen molar-refractivity contribution in [1.82, 2.24) is 4.90 Å². The lowest BCUT2D eigenvalue weighted by atomic mass is 10.4. The van der Waals surface area contributed by atoms with Crippen LogP contribution in [-0.4, -0.2) is 36.3 Å². The van der Waals surface area contributed by atoms with Gasteiger partial charge in [-0.3, -0.25) is 4.90 Å². The quantitative estimate of drug-likeness (QED) is 0.603. The van der Waals surface area contributed by atoms with E-state index < -0.39 is 0 Å². The van der Waals surface area contributed by atoms with Gasteiger partial charge in [0.15, 0.2) is 0 Å². The second kappa shape index (κ2) is 8.13.